The molecular formula is C13H10F4N2S2. The fourth-order valence-electron chi connectivity index (χ4n) is 1.47. The van der Waals surface area contributed by atoms with Crippen LogP contribution in [0.1, 0.15) is 5.56 Å². The molecule has 0 spiro atoms. The lowest BCUT2D eigenvalue weighted by atomic mass is 10.2. The van der Waals surface area contributed by atoms with Crippen molar-refractivity contribution >= 4 is 28.8 Å². The lowest BCUT2D eigenvalue weighted by Crippen LogP contribution is -2.10. The molecule has 1 aromatic carbocycles. The summed E-state index contributed by atoms with van der Waals surface area (Å²) in [5.41, 5.74) is 0.436. The molecule has 0 amide bonds. The second kappa shape index (κ2) is 6.57. The lowest BCUT2D eigenvalue weighted by Gasteiger charge is -2.09. The Labute approximate surface area is 126 Å². The third-order valence-electron chi connectivity index (χ3n) is 2.37. The minimum Gasteiger partial charge on any atom is -0.228 e. The Balaban J connectivity index is 2.35. The van der Waals surface area contributed by atoms with E-state index in [0.717, 1.165) is 0 Å². The summed E-state index contributed by atoms with van der Waals surface area (Å²) in [6.07, 6.45) is -2.76. The van der Waals surface area contributed by atoms with Crippen molar-refractivity contribution in [1.82, 2.24) is 4.98 Å². The maximum Gasteiger partial charge on any atom is 0.398 e. The summed E-state index contributed by atoms with van der Waals surface area (Å²) in [6, 6.07) is 4.22. The average molecular weight is 334 g/mol. The number of thioether (sulfide) groups is 1. The molecule has 0 unspecified atom stereocenters. The van der Waals surface area contributed by atoms with Gasteiger partial charge in [-0.25, -0.2) is 14.4 Å². The van der Waals surface area contributed by atoms with E-state index in [1.807, 2.05) is 0 Å². The van der Waals surface area contributed by atoms with E-state index >= 15 is 0 Å². The molecule has 21 heavy (non-hydrogen) atoms. The number of alkyl halides is 3. The van der Waals surface area contributed by atoms with Crippen molar-refractivity contribution in [2.24, 2.45) is 4.99 Å². The number of aromatic nitrogens is 1. The molecule has 1 aromatic heterocycles. The highest BCUT2D eigenvalue weighted by atomic mass is 32.2. The first-order chi connectivity index (χ1) is 9.85. The molecule has 0 atom stereocenters. The van der Waals surface area contributed by atoms with E-state index in [4.69, 9.17) is 0 Å². The van der Waals surface area contributed by atoms with Gasteiger partial charge >= 0.3 is 6.18 Å². The summed E-state index contributed by atoms with van der Waals surface area (Å²) in [6.45, 7) is 1.56. The Morgan fingerprint density at radius 3 is 2.71 bits per heavy atom. The van der Waals surface area contributed by atoms with Gasteiger partial charge in [-0.3, -0.25) is 0 Å². The minimum atomic E-state index is -4.27. The van der Waals surface area contributed by atoms with Crippen molar-refractivity contribution in [3.05, 3.63) is 46.0 Å². The van der Waals surface area contributed by atoms with Crippen LogP contribution in [-0.4, -0.2) is 16.9 Å². The number of hydrogen-bond donors (Lipinski definition) is 0. The van der Waals surface area contributed by atoms with Gasteiger partial charge in [0.2, 0.25) is 4.80 Å². The first-order valence-corrected chi connectivity index (χ1v) is 7.66. The van der Waals surface area contributed by atoms with E-state index in [2.05, 4.69) is 9.98 Å². The van der Waals surface area contributed by atoms with E-state index in [9.17, 15) is 17.6 Å². The number of halogens is 4. The van der Waals surface area contributed by atoms with Gasteiger partial charge in [-0.15, -0.1) is 23.1 Å². The van der Waals surface area contributed by atoms with Crippen molar-refractivity contribution in [1.29, 1.82) is 0 Å². The van der Waals surface area contributed by atoms with Crippen LogP contribution in [0.3, 0.4) is 0 Å². The fourth-order valence-corrected chi connectivity index (χ4v) is 2.82. The Morgan fingerprint density at radius 1 is 1.33 bits per heavy atom. The molecule has 8 heteroatoms. The summed E-state index contributed by atoms with van der Waals surface area (Å²) in [7, 11) is 0. The zero-order valence-electron chi connectivity index (χ0n) is 10.8. The third-order valence-corrected chi connectivity index (χ3v) is 4.30. The van der Waals surface area contributed by atoms with Gasteiger partial charge in [0, 0.05) is 11.1 Å². The average Bonchev–Trinajstić information content (AvgIpc) is 2.41. The van der Waals surface area contributed by atoms with Crippen LogP contribution in [0.25, 0.3) is 0 Å². The first kappa shape index (κ1) is 16.0. The van der Waals surface area contributed by atoms with Gasteiger partial charge in [-0.2, -0.15) is 13.2 Å². The maximum atomic E-state index is 13.8. The molecule has 0 aliphatic carbocycles. The highest BCUT2D eigenvalue weighted by Gasteiger charge is 2.27. The summed E-state index contributed by atoms with van der Waals surface area (Å²) < 4.78 is 50.7. The molecule has 0 bridgehead atoms. The number of rotatable bonds is 3. The van der Waals surface area contributed by atoms with Crippen molar-refractivity contribution in [3.63, 3.8) is 0 Å². The second-order valence-electron chi connectivity index (χ2n) is 4.09. The van der Waals surface area contributed by atoms with Gasteiger partial charge < -0.3 is 0 Å². The highest BCUT2D eigenvalue weighted by molar-refractivity contribution is 7.99. The fraction of sp³-hybridized carbons (Fsp3) is 0.231. The second-order valence-corrected chi connectivity index (χ2v) is 5.98. The van der Waals surface area contributed by atoms with E-state index < -0.39 is 17.7 Å². The quantitative estimate of drug-likeness (QED) is 0.611. The van der Waals surface area contributed by atoms with Crippen LogP contribution >= 0.6 is 23.1 Å². The molecule has 2 rings (SSSR count). The summed E-state index contributed by atoms with van der Waals surface area (Å²) in [4.78, 5) is 8.67. The lowest BCUT2D eigenvalue weighted by molar-refractivity contribution is -0.105. The van der Waals surface area contributed by atoms with Crippen LogP contribution in [0.15, 0.2) is 39.7 Å². The van der Waals surface area contributed by atoms with Crippen molar-refractivity contribution in [2.45, 2.75) is 18.0 Å². The number of hydrogen-bond acceptors (Lipinski definition) is 4. The van der Waals surface area contributed by atoms with Gasteiger partial charge in [-0.1, -0.05) is 0 Å². The Morgan fingerprint density at radius 2 is 2.10 bits per heavy atom. The Hall–Kier alpha value is -1.41. The van der Waals surface area contributed by atoms with Crippen molar-refractivity contribution in [2.75, 3.05) is 5.75 Å². The van der Waals surface area contributed by atoms with Crippen LogP contribution in [-0.2, 0) is 0 Å². The number of benzene rings is 1. The van der Waals surface area contributed by atoms with Gasteiger partial charge in [0.25, 0.3) is 0 Å². The molecule has 0 radical (unpaired) electrons. The van der Waals surface area contributed by atoms with Gasteiger partial charge in [0.1, 0.15) is 11.5 Å². The molecule has 1 heterocycles. The molecule has 2 nitrogen and oxygen atoms in total. The molecule has 2 aromatic rings. The Kier molecular flexibility index (Phi) is 5.00. The number of nitrogens with zero attached hydrogens (tertiary/aromatic N) is 2. The number of aryl methyl sites for hydroxylation is 1. The summed E-state index contributed by atoms with van der Waals surface area (Å²) in [5.74, 6) is -1.60. The maximum absolute atomic E-state index is 13.8. The largest absolute Gasteiger partial charge is 0.398 e. The van der Waals surface area contributed by atoms with E-state index in [-0.39, 0.29) is 5.69 Å². The van der Waals surface area contributed by atoms with E-state index in [0.29, 0.717) is 27.0 Å². The van der Waals surface area contributed by atoms with E-state index in [1.54, 1.807) is 18.4 Å². The van der Waals surface area contributed by atoms with Crippen molar-refractivity contribution in [3.8, 4) is 0 Å². The van der Waals surface area contributed by atoms with Crippen LogP contribution in [0.5, 0.6) is 0 Å². The zero-order valence-corrected chi connectivity index (χ0v) is 12.4. The third kappa shape index (κ3) is 4.82. The standard InChI is InChI=1S/C13H10F4N2S2/c1-8-5-9(14)10(19-12-18-3-2-4-20-12)6-11(8)21-7-13(15,16)17/h2-6H,7H2,1H3. The predicted molar refractivity (Wildman–Crippen MR) is 75.3 cm³/mol. The van der Waals surface area contributed by atoms with Gasteiger partial charge in [0.05, 0.1) is 5.75 Å². The Bertz CT molecular complexity index is 678. The van der Waals surface area contributed by atoms with E-state index in [1.165, 1.54) is 29.7 Å². The van der Waals surface area contributed by atoms with Gasteiger partial charge in [-0.05, 0) is 36.1 Å². The molecular weight excluding hydrogens is 324 g/mol. The molecule has 0 fully saturated rings. The predicted octanol–water partition coefficient (Wildman–Crippen LogP) is 4.48. The molecule has 0 saturated heterocycles. The molecule has 0 aliphatic rings. The van der Waals surface area contributed by atoms with Gasteiger partial charge in [0.15, 0.2) is 0 Å². The minimum absolute atomic E-state index is 0.0137. The van der Waals surface area contributed by atoms with Crippen LogP contribution in [0.4, 0.5) is 23.2 Å². The van der Waals surface area contributed by atoms with Crippen molar-refractivity contribution < 1.29 is 17.6 Å². The normalized spacial score (nSPS) is 12.7. The smallest absolute Gasteiger partial charge is 0.228 e. The summed E-state index contributed by atoms with van der Waals surface area (Å²) in [5, 5.41) is 1.73. The first-order valence-electron chi connectivity index (χ1n) is 5.79. The molecule has 0 N–H and O–H groups in total. The SMILES string of the molecule is Cc1cc(F)c(N=c2ncccs2)cc1SCC(F)(F)F. The molecule has 0 aliphatic heterocycles. The summed E-state index contributed by atoms with van der Waals surface area (Å²) >= 11 is 1.83. The molecule has 112 valence electrons. The molecule has 0 saturated carbocycles. The highest BCUT2D eigenvalue weighted by Crippen LogP contribution is 2.33. The van der Waals surface area contributed by atoms with Crippen LogP contribution in [0, 0.1) is 12.7 Å². The zero-order chi connectivity index (χ0) is 15.5. The topological polar surface area (TPSA) is 25.2 Å². The van der Waals surface area contributed by atoms with Crippen LogP contribution < -0.4 is 4.80 Å². The monoisotopic (exact) mass is 334 g/mol. The van der Waals surface area contributed by atoms with Crippen LogP contribution in [0.2, 0.25) is 0 Å².